The Balaban J connectivity index is 2.03. The zero-order valence-electron chi connectivity index (χ0n) is 10.8. The average molecular weight is 238 g/mol. The maximum Gasteiger partial charge on any atom is 0.0626 e. The normalized spacial score (nSPS) is 14.4. The minimum Gasteiger partial charge on any atom is -0.265 e. The Hall–Kier alpha value is -2.09. The number of anilines is 1. The van der Waals surface area contributed by atoms with Crippen molar-refractivity contribution in [3.05, 3.63) is 66.3 Å². The molecule has 18 heavy (non-hydrogen) atoms. The van der Waals surface area contributed by atoms with Crippen LogP contribution in [0, 0.1) is 0 Å². The Morgan fingerprint density at radius 3 is 2.83 bits per heavy atom. The van der Waals surface area contributed by atoms with Gasteiger partial charge in [-0.3, -0.25) is 5.01 Å². The highest BCUT2D eigenvalue weighted by molar-refractivity contribution is 5.82. The molecule has 0 unspecified atom stereocenters. The van der Waals surface area contributed by atoms with Gasteiger partial charge in [-0.2, -0.15) is 5.10 Å². The van der Waals surface area contributed by atoms with Gasteiger partial charge in [0, 0.05) is 6.54 Å². The van der Waals surface area contributed by atoms with Crippen LogP contribution in [0.3, 0.4) is 0 Å². The standard InChI is InChI=1S/C16H18N2/c1-13(2)8-9-14(3)12-17-18-11-10-15-6-4-5-7-16(15)18/h4-9,12H,1,3,10-11H2,2H3/b9-8-,17-12?. The van der Waals surface area contributed by atoms with Gasteiger partial charge in [0.2, 0.25) is 0 Å². The van der Waals surface area contributed by atoms with Gasteiger partial charge in [0.05, 0.1) is 11.9 Å². The molecule has 0 bridgehead atoms. The molecule has 1 aliphatic rings. The molecule has 1 aromatic rings. The van der Waals surface area contributed by atoms with Gasteiger partial charge in [0.25, 0.3) is 0 Å². The van der Waals surface area contributed by atoms with E-state index in [0.29, 0.717) is 0 Å². The molecule has 0 N–H and O–H groups in total. The minimum atomic E-state index is 0.877. The van der Waals surface area contributed by atoms with E-state index in [1.165, 1.54) is 11.3 Å². The second kappa shape index (κ2) is 5.50. The van der Waals surface area contributed by atoms with Crippen LogP contribution in [0.2, 0.25) is 0 Å². The molecular weight excluding hydrogens is 220 g/mol. The summed E-state index contributed by atoms with van der Waals surface area (Å²) in [6.45, 7) is 10.6. The lowest BCUT2D eigenvalue weighted by molar-refractivity contribution is 0.896. The van der Waals surface area contributed by atoms with Gasteiger partial charge in [0.1, 0.15) is 0 Å². The van der Waals surface area contributed by atoms with Crippen LogP contribution in [0.4, 0.5) is 5.69 Å². The predicted octanol–water partition coefficient (Wildman–Crippen LogP) is 3.72. The molecule has 0 spiro atoms. The molecule has 92 valence electrons. The summed E-state index contributed by atoms with van der Waals surface area (Å²) in [4.78, 5) is 0. The Kier molecular flexibility index (Phi) is 3.78. The van der Waals surface area contributed by atoms with E-state index < -0.39 is 0 Å². The average Bonchev–Trinajstić information content (AvgIpc) is 2.77. The van der Waals surface area contributed by atoms with Crippen molar-refractivity contribution in [2.45, 2.75) is 13.3 Å². The van der Waals surface area contributed by atoms with Crippen LogP contribution in [0.5, 0.6) is 0 Å². The molecule has 0 amide bonds. The van der Waals surface area contributed by atoms with E-state index in [-0.39, 0.29) is 0 Å². The molecule has 1 heterocycles. The van der Waals surface area contributed by atoms with Gasteiger partial charge < -0.3 is 0 Å². The third-order valence-electron chi connectivity index (χ3n) is 2.81. The Bertz CT molecular complexity index is 524. The highest BCUT2D eigenvalue weighted by Gasteiger charge is 2.16. The number of nitrogens with zero attached hydrogens (tertiary/aromatic N) is 2. The van der Waals surface area contributed by atoms with Crippen LogP contribution < -0.4 is 5.01 Å². The molecule has 0 fully saturated rings. The topological polar surface area (TPSA) is 15.6 Å². The number of hydrogen-bond acceptors (Lipinski definition) is 2. The second-order valence-electron chi connectivity index (χ2n) is 4.50. The van der Waals surface area contributed by atoms with E-state index >= 15 is 0 Å². The maximum absolute atomic E-state index is 4.47. The molecule has 1 aromatic carbocycles. The second-order valence-corrected chi connectivity index (χ2v) is 4.50. The molecule has 0 atom stereocenters. The number of fused-ring (bicyclic) bond motifs is 1. The third-order valence-corrected chi connectivity index (χ3v) is 2.81. The van der Waals surface area contributed by atoms with E-state index in [2.05, 4.69) is 36.5 Å². The molecule has 2 heteroatoms. The van der Waals surface area contributed by atoms with Crippen LogP contribution in [-0.4, -0.2) is 12.8 Å². The van der Waals surface area contributed by atoms with Crippen LogP contribution in [0.1, 0.15) is 12.5 Å². The van der Waals surface area contributed by atoms with Crippen molar-refractivity contribution in [2.75, 3.05) is 11.6 Å². The van der Waals surface area contributed by atoms with Crippen LogP contribution >= 0.6 is 0 Å². The summed E-state index contributed by atoms with van der Waals surface area (Å²) in [7, 11) is 0. The molecule has 0 aliphatic carbocycles. The van der Waals surface area contributed by atoms with Gasteiger partial charge in [-0.1, -0.05) is 49.1 Å². The summed E-state index contributed by atoms with van der Waals surface area (Å²) in [5, 5.41) is 6.49. The Morgan fingerprint density at radius 2 is 2.06 bits per heavy atom. The smallest absolute Gasteiger partial charge is 0.0626 e. The summed E-state index contributed by atoms with van der Waals surface area (Å²) in [6.07, 6.45) is 6.71. The number of para-hydroxylation sites is 1. The molecule has 0 saturated carbocycles. The van der Waals surface area contributed by atoms with Crippen molar-refractivity contribution in [1.82, 2.24) is 0 Å². The first-order chi connectivity index (χ1) is 8.66. The molecule has 2 rings (SSSR count). The Morgan fingerprint density at radius 1 is 1.28 bits per heavy atom. The zero-order valence-corrected chi connectivity index (χ0v) is 10.8. The molecular formula is C16H18N2. The fraction of sp³-hybridized carbons (Fsp3) is 0.188. The third kappa shape index (κ3) is 2.98. The summed E-state index contributed by atoms with van der Waals surface area (Å²) in [5.41, 5.74) is 4.45. The largest absolute Gasteiger partial charge is 0.265 e. The summed E-state index contributed by atoms with van der Waals surface area (Å²) in [5.74, 6) is 0. The van der Waals surface area contributed by atoms with E-state index in [1.54, 1.807) is 6.21 Å². The maximum atomic E-state index is 4.47. The SMILES string of the molecule is C=C(C)/C=C\C(=C)C=NN1CCc2ccccc21. The van der Waals surface area contributed by atoms with E-state index in [9.17, 15) is 0 Å². The Labute approximate surface area is 109 Å². The number of allylic oxidation sites excluding steroid dienone is 4. The van der Waals surface area contributed by atoms with Crippen molar-refractivity contribution in [3.8, 4) is 0 Å². The lowest BCUT2D eigenvalue weighted by Crippen LogP contribution is -2.12. The van der Waals surface area contributed by atoms with Crippen LogP contribution in [0.25, 0.3) is 0 Å². The van der Waals surface area contributed by atoms with E-state index in [1.807, 2.05) is 30.2 Å². The summed E-state index contributed by atoms with van der Waals surface area (Å²) < 4.78 is 0. The number of rotatable bonds is 4. The number of hydrazone groups is 1. The quantitative estimate of drug-likeness (QED) is 0.576. The zero-order chi connectivity index (χ0) is 13.0. The monoisotopic (exact) mass is 238 g/mol. The van der Waals surface area contributed by atoms with Gasteiger partial charge in [0.15, 0.2) is 0 Å². The van der Waals surface area contributed by atoms with Crippen LogP contribution in [-0.2, 0) is 6.42 Å². The molecule has 0 radical (unpaired) electrons. The van der Waals surface area contributed by atoms with Gasteiger partial charge in [-0.25, -0.2) is 0 Å². The fourth-order valence-electron chi connectivity index (χ4n) is 1.88. The molecule has 0 saturated heterocycles. The predicted molar refractivity (Wildman–Crippen MR) is 79.1 cm³/mol. The lowest BCUT2D eigenvalue weighted by Gasteiger charge is -2.11. The fourth-order valence-corrected chi connectivity index (χ4v) is 1.88. The van der Waals surface area contributed by atoms with Crippen molar-refractivity contribution in [3.63, 3.8) is 0 Å². The van der Waals surface area contributed by atoms with Crippen molar-refractivity contribution >= 4 is 11.9 Å². The van der Waals surface area contributed by atoms with Gasteiger partial charge in [-0.15, -0.1) is 0 Å². The molecule has 2 nitrogen and oxygen atoms in total. The molecule has 1 aliphatic heterocycles. The first-order valence-electron chi connectivity index (χ1n) is 6.09. The number of benzene rings is 1. The van der Waals surface area contributed by atoms with Crippen molar-refractivity contribution in [1.29, 1.82) is 0 Å². The highest BCUT2D eigenvalue weighted by atomic mass is 15.5. The van der Waals surface area contributed by atoms with Crippen molar-refractivity contribution < 1.29 is 0 Å². The first-order valence-corrected chi connectivity index (χ1v) is 6.09. The number of hydrogen-bond donors (Lipinski definition) is 0. The lowest BCUT2D eigenvalue weighted by atomic mass is 10.2. The van der Waals surface area contributed by atoms with Gasteiger partial charge in [-0.05, 0) is 30.5 Å². The summed E-state index contributed by atoms with van der Waals surface area (Å²) in [6, 6.07) is 8.37. The molecule has 0 aromatic heterocycles. The van der Waals surface area contributed by atoms with E-state index in [0.717, 1.165) is 24.1 Å². The summed E-state index contributed by atoms with van der Waals surface area (Å²) >= 11 is 0. The van der Waals surface area contributed by atoms with Gasteiger partial charge >= 0.3 is 0 Å². The van der Waals surface area contributed by atoms with Crippen molar-refractivity contribution in [2.24, 2.45) is 5.10 Å². The minimum absolute atomic E-state index is 0.877. The van der Waals surface area contributed by atoms with E-state index in [4.69, 9.17) is 0 Å². The van der Waals surface area contributed by atoms with Crippen LogP contribution in [0.15, 0.2) is 65.8 Å². The highest BCUT2D eigenvalue weighted by Crippen LogP contribution is 2.27. The first kappa shape index (κ1) is 12.4.